The number of aliphatic hydroxyl groups excluding tert-OH is 1. The molecule has 94 valence electrons. The maximum Gasteiger partial charge on any atom is 0.0671 e. The number of pyridine rings is 1. The van der Waals surface area contributed by atoms with E-state index in [0.717, 1.165) is 25.2 Å². The molecule has 1 aliphatic heterocycles. The van der Waals surface area contributed by atoms with E-state index in [1.807, 2.05) is 31.3 Å². The van der Waals surface area contributed by atoms with Crippen LogP contribution in [0.15, 0.2) is 24.4 Å². The van der Waals surface area contributed by atoms with Crippen LogP contribution in [0.3, 0.4) is 0 Å². The lowest BCUT2D eigenvalue weighted by Crippen LogP contribution is -2.39. The second-order valence-electron chi connectivity index (χ2n) is 4.89. The fourth-order valence-corrected chi connectivity index (χ4v) is 2.60. The molecule has 2 rings (SSSR count). The summed E-state index contributed by atoms with van der Waals surface area (Å²) in [6.07, 6.45) is 2.86. The standard InChI is InChI=1S/C13H21N3O/c1-10(14)13(12-4-2-3-6-15-12)16-7-5-11(8-16)9-17/h2-4,6,10-11,13,17H,5,7-9,14H2,1H3. The number of aliphatic hydroxyl groups is 1. The Balaban J connectivity index is 2.14. The van der Waals surface area contributed by atoms with E-state index >= 15 is 0 Å². The molecular formula is C13H21N3O. The monoisotopic (exact) mass is 235 g/mol. The van der Waals surface area contributed by atoms with Crippen LogP contribution < -0.4 is 5.73 Å². The minimum absolute atomic E-state index is 0.0438. The van der Waals surface area contributed by atoms with Crippen molar-refractivity contribution in [3.8, 4) is 0 Å². The molecule has 1 fully saturated rings. The third kappa shape index (κ3) is 2.83. The smallest absolute Gasteiger partial charge is 0.0671 e. The van der Waals surface area contributed by atoms with Crippen LogP contribution in [-0.2, 0) is 0 Å². The van der Waals surface area contributed by atoms with Crippen molar-refractivity contribution in [1.82, 2.24) is 9.88 Å². The van der Waals surface area contributed by atoms with Crippen LogP contribution in [0.1, 0.15) is 25.1 Å². The van der Waals surface area contributed by atoms with Gasteiger partial charge in [0.25, 0.3) is 0 Å². The van der Waals surface area contributed by atoms with Gasteiger partial charge in [-0.15, -0.1) is 0 Å². The van der Waals surface area contributed by atoms with E-state index < -0.39 is 0 Å². The first-order chi connectivity index (χ1) is 8.22. The average Bonchev–Trinajstić information content (AvgIpc) is 2.79. The highest BCUT2D eigenvalue weighted by Crippen LogP contribution is 2.28. The molecule has 3 N–H and O–H groups in total. The molecular weight excluding hydrogens is 214 g/mol. The van der Waals surface area contributed by atoms with Crippen LogP contribution in [0.4, 0.5) is 0 Å². The topological polar surface area (TPSA) is 62.4 Å². The van der Waals surface area contributed by atoms with Crippen LogP contribution in [0, 0.1) is 5.92 Å². The first-order valence-electron chi connectivity index (χ1n) is 6.23. The van der Waals surface area contributed by atoms with Gasteiger partial charge in [0, 0.05) is 25.4 Å². The molecule has 3 unspecified atom stereocenters. The van der Waals surface area contributed by atoms with Crippen molar-refractivity contribution in [2.45, 2.75) is 25.4 Å². The van der Waals surface area contributed by atoms with Crippen molar-refractivity contribution >= 4 is 0 Å². The molecule has 17 heavy (non-hydrogen) atoms. The molecule has 1 aromatic heterocycles. The predicted octanol–water partition coefficient (Wildman–Crippen LogP) is 0.784. The first-order valence-corrected chi connectivity index (χ1v) is 6.23. The quantitative estimate of drug-likeness (QED) is 0.809. The van der Waals surface area contributed by atoms with Crippen molar-refractivity contribution < 1.29 is 5.11 Å². The maximum atomic E-state index is 9.20. The zero-order valence-electron chi connectivity index (χ0n) is 10.3. The van der Waals surface area contributed by atoms with Crippen LogP contribution in [-0.4, -0.2) is 40.7 Å². The van der Waals surface area contributed by atoms with Crippen molar-refractivity contribution in [2.75, 3.05) is 19.7 Å². The van der Waals surface area contributed by atoms with Gasteiger partial charge in [0.2, 0.25) is 0 Å². The van der Waals surface area contributed by atoms with Gasteiger partial charge in [-0.3, -0.25) is 9.88 Å². The average molecular weight is 235 g/mol. The predicted molar refractivity (Wildman–Crippen MR) is 67.4 cm³/mol. The summed E-state index contributed by atoms with van der Waals surface area (Å²) in [4.78, 5) is 6.75. The largest absolute Gasteiger partial charge is 0.396 e. The lowest BCUT2D eigenvalue weighted by atomic mass is 10.0. The lowest BCUT2D eigenvalue weighted by molar-refractivity contribution is 0.183. The Hall–Kier alpha value is -0.970. The van der Waals surface area contributed by atoms with Crippen molar-refractivity contribution in [2.24, 2.45) is 11.7 Å². The Labute approximate surface area is 102 Å². The number of rotatable bonds is 4. The highest BCUT2D eigenvalue weighted by Gasteiger charge is 2.31. The van der Waals surface area contributed by atoms with Gasteiger partial charge >= 0.3 is 0 Å². The maximum absolute atomic E-state index is 9.20. The molecule has 1 aromatic rings. The van der Waals surface area contributed by atoms with Gasteiger partial charge < -0.3 is 10.8 Å². The summed E-state index contributed by atoms with van der Waals surface area (Å²) in [6, 6.07) is 6.15. The second kappa shape index (κ2) is 5.58. The molecule has 4 heteroatoms. The normalized spacial score (nSPS) is 24.8. The summed E-state index contributed by atoms with van der Waals surface area (Å²) >= 11 is 0. The molecule has 2 heterocycles. The number of nitrogens with two attached hydrogens (primary N) is 1. The van der Waals surface area contributed by atoms with Crippen molar-refractivity contribution in [1.29, 1.82) is 0 Å². The Kier molecular flexibility index (Phi) is 4.10. The molecule has 0 radical (unpaired) electrons. The SMILES string of the molecule is CC(N)C(c1ccccn1)N1CCC(CO)C1. The summed E-state index contributed by atoms with van der Waals surface area (Å²) in [5.74, 6) is 0.389. The van der Waals surface area contributed by atoms with Gasteiger partial charge in [-0.25, -0.2) is 0 Å². The van der Waals surface area contributed by atoms with E-state index in [9.17, 15) is 5.11 Å². The first kappa shape index (κ1) is 12.5. The summed E-state index contributed by atoms with van der Waals surface area (Å²) < 4.78 is 0. The third-order valence-corrected chi connectivity index (χ3v) is 3.46. The summed E-state index contributed by atoms with van der Waals surface area (Å²) in [7, 11) is 0. The van der Waals surface area contributed by atoms with E-state index in [4.69, 9.17) is 5.73 Å². The minimum Gasteiger partial charge on any atom is -0.396 e. The zero-order chi connectivity index (χ0) is 12.3. The molecule has 1 saturated heterocycles. The fraction of sp³-hybridized carbons (Fsp3) is 0.615. The van der Waals surface area contributed by atoms with Crippen molar-refractivity contribution in [3.05, 3.63) is 30.1 Å². The van der Waals surface area contributed by atoms with E-state index in [1.165, 1.54) is 0 Å². The number of hydrogen-bond acceptors (Lipinski definition) is 4. The van der Waals surface area contributed by atoms with Crippen molar-refractivity contribution in [3.63, 3.8) is 0 Å². The zero-order valence-corrected chi connectivity index (χ0v) is 10.3. The molecule has 0 aromatic carbocycles. The molecule has 1 aliphatic rings. The highest BCUT2D eigenvalue weighted by atomic mass is 16.3. The van der Waals surface area contributed by atoms with E-state index in [1.54, 1.807) is 0 Å². The van der Waals surface area contributed by atoms with E-state index in [-0.39, 0.29) is 18.7 Å². The minimum atomic E-state index is 0.0438. The van der Waals surface area contributed by atoms with Gasteiger partial charge in [-0.05, 0) is 37.9 Å². The van der Waals surface area contributed by atoms with E-state index in [0.29, 0.717) is 5.92 Å². The van der Waals surface area contributed by atoms with Gasteiger partial charge in [0.1, 0.15) is 0 Å². The number of hydrogen-bond donors (Lipinski definition) is 2. The Morgan fingerprint density at radius 3 is 2.94 bits per heavy atom. The number of likely N-dealkylation sites (tertiary alicyclic amines) is 1. The van der Waals surface area contributed by atoms with Gasteiger partial charge in [0.05, 0.1) is 11.7 Å². The van der Waals surface area contributed by atoms with Crippen LogP contribution >= 0.6 is 0 Å². The number of aromatic nitrogens is 1. The summed E-state index contributed by atoms with van der Waals surface area (Å²) in [6.45, 7) is 4.20. The molecule has 3 atom stereocenters. The van der Waals surface area contributed by atoms with Crippen LogP contribution in [0.2, 0.25) is 0 Å². The molecule has 0 saturated carbocycles. The summed E-state index contributed by atoms with van der Waals surface area (Å²) in [5, 5.41) is 9.20. The lowest BCUT2D eigenvalue weighted by Gasteiger charge is -2.30. The van der Waals surface area contributed by atoms with E-state index in [2.05, 4.69) is 9.88 Å². The Morgan fingerprint density at radius 2 is 2.41 bits per heavy atom. The van der Waals surface area contributed by atoms with Crippen LogP contribution in [0.25, 0.3) is 0 Å². The van der Waals surface area contributed by atoms with Gasteiger partial charge in [-0.2, -0.15) is 0 Å². The third-order valence-electron chi connectivity index (χ3n) is 3.46. The van der Waals surface area contributed by atoms with Gasteiger partial charge in [0.15, 0.2) is 0 Å². The summed E-state index contributed by atoms with van der Waals surface area (Å²) in [5.41, 5.74) is 7.12. The molecule has 0 aliphatic carbocycles. The highest BCUT2D eigenvalue weighted by molar-refractivity contribution is 5.11. The Morgan fingerprint density at radius 1 is 1.59 bits per heavy atom. The molecule has 4 nitrogen and oxygen atoms in total. The Bertz CT molecular complexity index is 342. The molecule has 0 spiro atoms. The molecule has 0 bridgehead atoms. The second-order valence-corrected chi connectivity index (χ2v) is 4.89. The molecule has 0 amide bonds. The number of nitrogens with zero attached hydrogens (tertiary/aromatic N) is 2. The van der Waals surface area contributed by atoms with Gasteiger partial charge in [-0.1, -0.05) is 6.07 Å². The van der Waals surface area contributed by atoms with Crippen LogP contribution in [0.5, 0.6) is 0 Å². The fourth-order valence-electron chi connectivity index (χ4n) is 2.60.